The van der Waals surface area contributed by atoms with Crippen molar-refractivity contribution in [3.63, 3.8) is 0 Å². The smallest absolute Gasteiger partial charge is 0.324 e. The van der Waals surface area contributed by atoms with Gasteiger partial charge in [-0.1, -0.05) is 20.8 Å². The fourth-order valence-electron chi connectivity index (χ4n) is 0.596. The second-order valence-electron chi connectivity index (χ2n) is 2.78. The zero-order valence-electron chi connectivity index (χ0n) is 5.65. The molecule has 0 N–H and O–H groups in total. The van der Waals surface area contributed by atoms with Gasteiger partial charge in [0.05, 0.1) is 0 Å². The van der Waals surface area contributed by atoms with Crippen LogP contribution in [0.2, 0.25) is 0 Å². The van der Waals surface area contributed by atoms with Gasteiger partial charge in [0.2, 0.25) is 0 Å². The van der Waals surface area contributed by atoms with E-state index in [0.717, 1.165) is 5.92 Å². The molecule has 0 bridgehead atoms. The molecule has 7 heavy (non-hydrogen) atoms. The van der Waals surface area contributed by atoms with Gasteiger partial charge in [0.15, 0.2) is 0 Å². The van der Waals surface area contributed by atoms with E-state index in [1.807, 2.05) is 0 Å². The van der Waals surface area contributed by atoms with Crippen molar-refractivity contribution in [2.24, 2.45) is 11.3 Å². The Balaban J connectivity index is 0.000000360. The van der Waals surface area contributed by atoms with Crippen molar-refractivity contribution >= 4 is 0 Å². The summed E-state index contributed by atoms with van der Waals surface area (Å²) in [4.78, 5) is 0. The minimum Gasteiger partial charge on any atom is -0.324 e. The molecule has 0 heterocycles. The maximum absolute atomic E-state index is 2.35. The van der Waals surface area contributed by atoms with Crippen LogP contribution < -0.4 is 18.9 Å². The summed E-state index contributed by atoms with van der Waals surface area (Å²) in [7, 11) is 0. The second kappa shape index (κ2) is 1.84. The van der Waals surface area contributed by atoms with Gasteiger partial charge >= 0.3 is 18.9 Å². The molecule has 1 rings (SSSR count). The Kier molecular flexibility index (Phi) is 2.00. The SMILES string of the molecule is C[C@@H]1[CH-]C1(C)C.[Li+]. The van der Waals surface area contributed by atoms with Crippen molar-refractivity contribution in [2.75, 3.05) is 0 Å². The first kappa shape index (κ1) is 7.60. The molecule has 0 aromatic rings. The Morgan fingerprint density at radius 3 is 1.57 bits per heavy atom. The Bertz CT molecular complexity index is 66.6. The van der Waals surface area contributed by atoms with E-state index < -0.39 is 0 Å². The van der Waals surface area contributed by atoms with Gasteiger partial charge in [-0.3, -0.25) is 0 Å². The van der Waals surface area contributed by atoms with E-state index >= 15 is 0 Å². The van der Waals surface area contributed by atoms with Gasteiger partial charge in [0.25, 0.3) is 0 Å². The van der Waals surface area contributed by atoms with E-state index in [0.29, 0.717) is 5.41 Å². The molecule has 0 saturated heterocycles. The minimum absolute atomic E-state index is 0. The van der Waals surface area contributed by atoms with Crippen LogP contribution in [0, 0.1) is 17.8 Å². The van der Waals surface area contributed by atoms with Gasteiger partial charge in [-0.15, -0.1) is 0 Å². The van der Waals surface area contributed by atoms with Crippen molar-refractivity contribution in [2.45, 2.75) is 20.8 Å². The average molecular weight is 90.1 g/mol. The second-order valence-corrected chi connectivity index (χ2v) is 2.78. The van der Waals surface area contributed by atoms with Crippen LogP contribution in [-0.4, -0.2) is 0 Å². The molecule has 1 atom stereocenters. The zero-order chi connectivity index (χ0) is 4.78. The topological polar surface area (TPSA) is 0 Å². The first-order valence-corrected chi connectivity index (χ1v) is 2.49. The molecular formula is C6H11Li. The Labute approximate surface area is 57.9 Å². The van der Waals surface area contributed by atoms with Crippen LogP contribution in [0.5, 0.6) is 0 Å². The molecule has 1 heteroatoms. The summed E-state index contributed by atoms with van der Waals surface area (Å²) in [6, 6.07) is 0. The summed E-state index contributed by atoms with van der Waals surface area (Å²) in [5, 5.41) is 0. The summed E-state index contributed by atoms with van der Waals surface area (Å²) in [6.07, 6.45) is 2.35. The molecule has 0 nitrogen and oxygen atoms in total. The molecule has 1 saturated carbocycles. The van der Waals surface area contributed by atoms with Gasteiger partial charge in [0.1, 0.15) is 0 Å². The van der Waals surface area contributed by atoms with Crippen molar-refractivity contribution in [1.29, 1.82) is 0 Å². The largest absolute Gasteiger partial charge is 1.00 e. The van der Waals surface area contributed by atoms with E-state index in [9.17, 15) is 0 Å². The summed E-state index contributed by atoms with van der Waals surface area (Å²) in [6.45, 7) is 6.77. The van der Waals surface area contributed by atoms with Gasteiger partial charge in [-0.25, -0.2) is 0 Å². The van der Waals surface area contributed by atoms with Gasteiger partial charge in [-0.05, 0) is 0 Å². The van der Waals surface area contributed by atoms with E-state index in [1.54, 1.807) is 0 Å². The standard InChI is InChI=1S/C6H11.Li/c1-5-4-6(5,2)3;/h4-5H,1-3H3;/q-1;+1/t5-;/m1./s1. The van der Waals surface area contributed by atoms with Crippen LogP contribution in [0.25, 0.3) is 0 Å². The fraction of sp³-hybridized carbons (Fsp3) is 0.833. The Hall–Kier alpha value is 0.597. The molecule has 0 amide bonds. The first-order valence-electron chi connectivity index (χ1n) is 2.49. The zero-order valence-corrected chi connectivity index (χ0v) is 5.65. The summed E-state index contributed by atoms with van der Waals surface area (Å²) >= 11 is 0. The molecule has 1 aliphatic carbocycles. The predicted octanol–water partition coefficient (Wildman–Crippen LogP) is -1.13. The quantitative estimate of drug-likeness (QED) is 0.261. The molecular weight excluding hydrogens is 79.0 g/mol. The van der Waals surface area contributed by atoms with Crippen molar-refractivity contribution in [3.05, 3.63) is 6.42 Å². The maximum atomic E-state index is 2.35. The van der Waals surface area contributed by atoms with Crippen LogP contribution in [0.15, 0.2) is 0 Å². The van der Waals surface area contributed by atoms with Crippen LogP contribution >= 0.6 is 0 Å². The number of hydrogen-bond donors (Lipinski definition) is 0. The Morgan fingerprint density at radius 1 is 1.43 bits per heavy atom. The van der Waals surface area contributed by atoms with Crippen molar-refractivity contribution in [1.82, 2.24) is 0 Å². The monoisotopic (exact) mass is 90.1 g/mol. The Morgan fingerprint density at radius 2 is 1.57 bits per heavy atom. The maximum Gasteiger partial charge on any atom is 1.00 e. The molecule has 0 spiro atoms. The molecule has 0 unspecified atom stereocenters. The van der Waals surface area contributed by atoms with E-state index in [4.69, 9.17) is 0 Å². The van der Waals surface area contributed by atoms with Crippen molar-refractivity contribution < 1.29 is 18.9 Å². The molecule has 0 aliphatic heterocycles. The van der Waals surface area contributed by atoms with E-state index in [-0.39, 0.29) is 18.9 Å². The van der Waals surface area contributed by atoms with Crippen molar-refractivity contribution in [3.8, 4) is 0 Å². The van der Waals surface area contributed by atoms with Gasteiger partial charge in [0, 0.05) is 0 Å². The molecule has 0 radical (unpaired) electrons. The molecule has 0 aromatic heterocycles. The fourth-order valence-corrected chi connectivity index (χ4v) is 0.596. The number of hydrogen-bond acceptors (Lipinski definition) is 0. The summed E-state index contributed by atoms with van der Waals surface area (Å²) in [5.74, 6) is 0.873. The van der Waals surface area contributed by atoms with Crippen LogP contribution in [0.3, 0.4) is 0 Å². The first-order chi connectivity index (χ1) is 2.63. The van der Waals surface area contributed by atoms with Crippen LogP contribution in [-0.2, 0) is 0 Å². The predicted molar refractivity (Wildman–Crippen MR) is 27.2 cm³/mol. The van der Waals surface area contributed by atoms with Gasteiger partial charge in [-0.2, -0.15) is 11.3 Å². The minimum atomic E-state index is 0. The van der Waals surface area contributed by atoms with Crippen LogP contribution in [0.4, 0.5) is 0 Å². The third kappa shape index (κ3) is 1.51. The average Bonchev–Trinajstić information content (AvgIpc) is 1.73. The summed E-state index contributed by atoms with van der Waals surface area (Å²) in [5.41, 5.74) is 0.583. The van der Waals surface area contributed by atoms with Crippen LogP contribution in [0.1, 0.15) is 20.8 Å². The normalized spacial score (nSPS) is 33.9. The van der Waals surface area contributed by atoms with Gasteiger partial charge < -0.3 is 6.42 Å². The third-order valence-electron chi connectivity index (χ3n) is 1.74. The number of rotatable bonds is 0. The molecule has 0 aromatic carbocycles. The third-order valence-corrected chi connectivity index (χ3v) is 1.74. The molecule has 1 fully saturated rings. The van der Waals surface area contributed by atoms with E-state index in [1.165, 1.54) is 0 Å². The molecule has 36 valence electrons. The summed E-state index contributed by atoms with van der Waals surface area (Å²) < 4.78 is 0. The van der Waals surface area contributed by atoms with E-state index in [2.05, 4.69) is 27.2 Å². The molecule has 1 aliphatic rings.